The Kier molecular flexibility index (Phi) is 6.54. The number of piperazine rings is 1. The van der Waals surface area contributed by atoms with E-state index in [2.05, 4.69) is 5.32 Å². The third-order valence-corrected chi connectivity index (χ3v) is 3.99. The molecule has 1 N–H and O–H groups in total. The van der Waals surface area contributed by atoms with Gasteiger partial charge in [-0.1, -0.05) is 11.6 Å². The van der Waals surface area contributed by atoms with Crippen LogP contribution in [0.25, 0.3) is 0 Å². The average Bonchev–Trinajstić information content (AvgIpc) is 2.60. The number of benzene rings is 1. The highest BCUT2D eigenvalue weighted by Crippen LogP contribution is 2.27. The third kappa shape index (κ3) is 4.67. The summed E-state index contributed by atoms with van der Waals surface area (Å²) < 4.78 is 10.2. The molecule has 1 aromatic carbocycles. The molecule has 1 aromatic rings. The molecular formula is C16H22ClN3O4. The predicted octanol–water partition coefficient (Wildman–Crippen LogP) is 2.06. The molecule has 0 bridgehead atoms. The van der Waals surface area contributed by atoms with Gasteiger partial charge in [-0.15, -0.1) is 0 Å². The Labute approximate surface area is 146 Å². The fraction of sp³-hybridized carbons (Fsp3) is 0.500. The summed E-state index contributed by atoms with van der Waals surface area (Å²) >= 11 is 5.97. The van der Waals surface area contributed by atoms with E-state index in [-0.39, 0.29) is 18.5 Å². The molecule has 1 fully saturated rings. The minimum atomic E-state index is -0.327. The lowest BCUT2D eigenvalue weighted by atomic mass is 10.2. The van der Waals surface area contributed by atoms with Gasteiger partial charge < -0.3 is 24.6 Å². The molecule has 2 rings (SSSR count). The first kappa shape index (κ1) is 18.2. The minimum absolute atomic E-state index is 0.0412. The zero-order chi connectivity index (χ0) is 17.5. The van der Waals surface area contributed by atoms with Crippen LogP contribution >= 0.6 is 11.6 Å². The first-order valence-electron chi connectivity index (χ1n) is 7.82. The summed E-state index contributed by atoms with van der Waals surface area (Å²) in [6, 6.07) is 5.18. The van der Waals surface area contributed by atoms with Crippen molar-refractivity contribution in [3.8, 4) is 5.75 Å². The average molecular weight is 356 g/mol. The number of carbonyl (C=O) groups excluding carboxylic acids is 2. The van der Waals surface area contributed by atoms with E-state index in [4.69, 9.17) is 21.1 Å². The van der Waals surface area contributed by atoms with Gasteiger partial charge >= 0.3 is 6.09 Å². The molecule has 7 nitrogen and oxygen atoms in total. The second-order valence-corrected chi connectivity index (χ2v) is 5.70. The maximum absolute atomic E-state index is 12.3. The number of amides is 2. The van der Waals surface area contributed by atoms with Crippen LogP contribution in [0.1, 0.15) is 6.92 Å². The van der Waals surface area contributed by atoms with Crippen LogP contribution in [0.15, 0.2) is 18.2 Å². The molecule has 0 aromatic heterocycles. The number of carbonyl (C=O) groups is 2. The van der Waals surface area contributed by atoms with Gasteiger partial charge in [0.2, 0.25) is 5.91 Å². The first-order valence-corrected chi connectivity index (χ1v) is 8.19. The molecule has 2 amide bonds. The first-order chi connectivity index (χ1) is 11.5. The Morgan fingerprint density at radius 2 is 1.88 bits per heavy atom. The Bertz CT molecular complexity index is 589. The lowest BCUT2D eigenvalue weighted by Gasteiger charge is -2.34. The second kappa shape index (κ2) is 8.63. The smallest absolute Gasteiger partial charge is 0.409 e. The highest BCUT2D eigenvalue weighted by molar-refractivity contribution is 6.30. The normalized spacial score (nSPS) is 14.3. The fourth-order valence-electron chi connectivity index (χ4n) is 2.45. The van der Waals surface area contributed by atoms with E-state index in [0.717, 1.165) is 0 Å². The van der Waals surface area contributed by atoms with Crippen molar-refractivity contribution in [1.82, 2.24) is 9.80 Å². The van der Waals surface area contributed by atoms with Crippen LogP contribution in [0, 0.1) is 0 Å². The van der Waals surface area contributed by atoms with Gasteiger partial charge in [0.25, 0.3) is 0 Å². The molecule has 0 atom stereocenters. The zero-order valence-electron chi connectivity index (χ0n) is 13.9. The number of hydrogen-bond donors (Lipinski definition) is 1. The number of methoxy groups -OCH3 is 1. The Balaban J connectivity index is 1.84. The monoisotopic (exact) mass is 355 g/mol. The molecule has 0 radical (unpaired) electrons. The van der Waals surface area contributed by atoms with Crippen LogP contribution in [0.5, 0.6) is 5.75 Å². The van der Waals surface area contributed by atoms with Gasteiger partial charge in [-0.25, -0.2) is 4.79 Å². The Morgan fingerprint density at radius 1 is 1.21 bits per heavy atom. The largest absolute Gasteiger partial charge is 0.495 e. The van der Waals surface area contributed by atoms with Gasteiger partial charge in [0, 0.05) is 31.2 Å². The van der Waals surface area contributed by atoms with Gasteiger partial charge in [0.1, 0.15) is 5.75 Å². The standard InChI is InChI=1S/C16H22ClN3O4/c1-3-24-16(22)20-8-6-19(7-9-20)15(21)11-18-13-10-12(17)4-5-14(13)23-2/h4-5,10,18H,3,6-9,11H2,1-2H3. The van der Waals surface area contributed by atoms with Crippen molar-refractivity contribution in [2.24, 2.45) is 0 Å². The van der Waals surface area contributed by atoms with Crippen LogP contribution in [-0.2, 0) is 9.53 Å². The number of rotatable bonds is 5. The number of ether oxygens (including phenoxy) is 2. The van der Waals surface area contributed by atoms with Gasteiger partial charge in [-0.2, -0.15) is 0 Å². The number of hydrogen-bond acceptors (Lipinski definition) is 5. The van der Waals surface area contributed by atoms with Gasteiger partial charge in [-0.05, 0) is 25.1 Å². The maximum atomic E-state index is 12.3. The van der Waals surface area contributed by atoms with Crippen LogP contribution in [0.3, 0.4) is 0 Å². The molecule has 132 valence electrons. The second-order valence-electron chi connectivity index (χ2n) is 5.26. The van der Waals surface area contributed by atoms with Crippen molar-refractivity contribution in [3.05, 3.63) is 23.2 Å². The Hall–Kier alpha value is -2.15. The summed E-state index contributed by atoms with van der Waals surface area (Å²) in [5.41, 5.74) is 0.670. The fourth-order valence-corrected chi connectivity index (χ4v) is 2.63. The molecule has 0 saturated carbocycles. The van der Waals surface area contributed by atoms with E-state index in [9.17, 15) is 9.59 Å². The molecule has 24 heavy (non-hydrogen) atoms. The SMILES string of the molecule is CCOC(=O)N1CCN(C(=O)CNc2cc(Cl)ccc2OC)CC1. The molecule has 1 saturated heterocycles. The van der Waals surface area contributed by atoms with E-state index in [1.54, 1.807) is 42.0 Å². The summed E-state index contributed by atoms with van der Waals surface area (Å²) in [4.78, 5) is 27.3. The van der Waals surface area contributed by atoms with Crippen molar-refractivity contribution < 1.29 is 19.1 Å². The van der Waals surface area contributed by atoms with E-state index >= 15 is 0 Å². The lowest BCUT2D eigenvalue weighted by molar-refractivity contribution is -0.130. The number of halogens is 1. The predicted molar refractivity (Wildman–Crippen MR) is 91.7 cm³/mol. The molecular weight excluding hydrogens is 334 g/mol. The van der Waals surface area contributed by atoms with E-state index < -0.39 is 0 Å². The van der Waals surface area contributed by atoms with E-state index in [1.807, 2.05) is 0 Å². The number of nitrogens with one attached hydrogen (secondary N) is 1. The van der Waals surface area contributed by atoms with Crippen LogP contribution < -0.4 is 10.1 Å². The molecule has 1 aliphatic rings. The van der Waals surface area contributed by atoms with Gasteiger partial charge in [0.05, 0.1) is 25.9 Å². The topological polar surface area (TPSA) is 71.1 Å². The molecule has 0 spiro atoms. The van der Waals surface area contributed by atoms with Crippen LogP contribution in [-0.4, -0.2) is 68.2 Å². The summed E-state index contributed by atoms with van der Waals surface area (Å²) in [5.74, 6) is 0.583. The molecule has 1 heterocycles. The molecule has 1 aliphatic heterocycles. The van der Waals surface area contributed by atoms with Crippen LogP contribution in [0.4, 0.5) is 10.5 Å². The van der Waals surface area contributed by atoms with Crippen LogP contribution in [0.2, 0.25) is 5.02 Å². The van der Waals surface area contributed by atoms with Crippen molar-refractivity contribution in [2.45, 2.75) is 6.92 Å². The zero-order valence-corrected chi connectivity index (χ0v) is 14.6. The highest BCUT2D eigenvalue weighted by atomic mass is 35.5. The van der Waals surface area contributed by atoms with Gasteiger partial charge in [-0.3, -0.25) is 4.79 Å². The third-order valence-electron chi connectivity index (χ3n) is 3.75. The number of anilines is 1. The maximum Gasteiger partial charge on any atom is 0.409 e. The van der Waals surface area contributed by atoms with Crippen molar-refractivity contribution >= 4 is 29.3 Å². The summed E-state index contributed by atoms with van der Waals surface area (Å²) in [5, 5.41) is 3.61. The molecule has 0 unspecified atom stereocenters. The quantitative estimate of drug-likeness (QED) is 0.875. The van der Waals surface area contributed by atoms with Crippen molar-refractivity contribution in [2.75, 3.05) is 51.8 Å². The van der Waals surface area contributed by atoms with Gasteiger partial charge in [0.15, 0.2) is 0 Å². The van der Waals surface area contributed by atoms with E-state index in [0.29, 0.717) is 49.2 Å². The summed E-state index contributed by atoms with van der Waals surface area (Å²) in [7, 11) is 1.56. The Morgan fingerprint density at radius 3 is 2.50 bits per heavy atom. The molecule has 8 heteroatoms. The minimum Gasteiger partial charge on any atom is -0.495 e. The van der Waals surface area contributed by atoms with E-state index in [1.165, 1.54) is 0 Å². The molecule has 0 aliphatic carbocycles. The highest BCUT2D eigenvalue weighted by Gasteiger charge is 2.24. The summed E-state index contributed by atoms with van der Waals surface area (Å²) in [6.45, 7) is 4.20. The summed E-state index contributed by atoms with van der Waals surface area (Å²) in [6.07, 6.45) is -0.327. The lowest BCUT2D eigenvalue weighted by Crippen LogP contribution is -2.51. The van der Waals surface area contributed by atoms with Crippen molar-refractivity contribution in [3.63, 3.8) is 0 Å². The number of nitrogens with zero attached hydrogens (tertiary/aromatic N) is 2. The van der Waals surface area contributed by atoms with Crippen molar-refractivity contribution in [1.29, 1.82) is 0 Å².